The van der Waals surface area contributed by atoms with Gasteiger partial charge in [-0.25, -0.2) is 0 Å². The molecule has 0 bridgehead atoms. The molecule has 0 aliphatic rings. The molecule has 2 aromatic carbocycles. The minimum Gasteiger partial charge on any atom is -0.496 e. The minimum atomic E-state index is -0.225. The predicted molar refractivity (Wildman–Crippen MR) is 93.6 cm³/mol. The van der Waals surface area contributed by atoms with Crippen LogP contribution in [0.1, 0.15) is 15.9 Å². The van der Waals surface area contributed by atoms with Crippen LogP contribution in [-0.2, 0) is 13.6 Å². The first-order valence-corrected chi connectivity index (χ1v) is 7.68. The summed E-state index contributed by atoms with van der Waals surface area (Å²) in [6.07, 6.45) is 2.03. The SMILES string of the molecule is COc1cccc(OC)c1C(=O)NCc1cn(C)c2ccccc12. The van der Waals surface area contributed by atoms with Crippen LogP contribution in [0.2, 0.25) is 0 Å². The van der Waals surface area contributed by atoms with Crippen molar-refractivity contribution in [2.45, 2.75) is 6.54 Å². The van der Waals surface area contributed by atoms with E-state index in [1.807, 2.05) is 25.4 Å². The second kappa shape index (κ2) is 6.66. The largest absolute Gasteiger partial charge is 0.496 e. The molecule has 0 saturated heterocycles. The first kappa shape index (κ1) is 15.9. The zero-order chi connectivity index (χ0) is 17.1. The maximum atomic E-state index is 12.6. The van der Waals surface area contributed by atoms with Crippen LogP contribution in [0, 0.1) is 0 Å². The molecule has 0 spiro atoms. The number of amides is 1. The van der Waals surface area contributed by atoms with E-state index in [0.29, 0.717) is 23.6 Å². The topological polar surface area (TPSA) is 52.5 Å². The van der Waals surface area contributed by atoms with Gasteiger partial charge in [-0.1, -0.05) is 24.3 Å². The Labute approximate surface area is 140 Å². The highest BCUT2D eigenvalue weighted by atomic mass is 16.5. The van der Waals surface area contributed by atoms with Crippen LogP contribution in [0.25, 0.3) is 10.9 Å². The Bertz CT molecular complexity index is 861. The van der Waals surface area contributed by atoms with Crippen molar-refractivity contribution >= 4 is 16.8 Å². The van der Waals surface area contributed by atoms with Crippen LogP contribution in [-0.4, -0.2) is 24.7 Å². The number of hydrogen-bond donors (Lipinski definition) is 1. The minimum absolute atomic E-state index is 0.225. The highest BCUT2D eigenvalue weighted by Gasteiger charge is 2.18. The number of aryl methyl sites for hydroxylation is 1. The fraction of sp³-hybridized carbons (Fsp3) is 0.211. The van der Waals surface area contributed by atoms with Crippen molar-refractivity contribution in [3.8, 4) is 11.5 Å². The van der Waals surface area contributed by atoms with Gasteiger partial charge >= 0.3 is 0 Å². The van der Waals surface area contributed by atoms with Crippen LogP contribution in [0.5, 0.6) is 11.5 Å². The summed E-state index contributed by atoms with van der Waals surface area (Å²) in [6.45, 7) is 0.432. The number of carbonyl (C=O) groups excluding carboxylic acids is 1. The van der Waals surface area contributed by atoms with Crippen LogP contribution < -0.4 is 14.8 Å². The van der Waals surface area contributed by atoms with Crippen LogP contribution >= 0.6 is 0 Å². The van der Waals surface area contributed by atoms with E-state index in [9.17, 15) is 4.79 Å². The summed E-state index contributed by atoms with van der Waals surface area (Å²) in [5.41, 5.74) is 2.61. The average Bonchev–Trinajstić information content (AvgIpc) is 2.95. The predicted octanol–water partition coefficient (Wildman–Crippen LogP) is 3.13. The van der Waals surface area contributed by atoms with Gasteiger partial charge in [0.05, 0.1) is 14.2 Å². The summed E-state index contributed by atoms with van der Waals surface area (Å²) in [6, 6.07) is 13.4. The molecule has 1 heterocycles. The second-order valence-electron chi connectivity index (χ2n) is 5.50. The molecule has 1 N–H and O–H groups in total. The molecule has 0 aliphatic carbocycles. The standard InChI is InChI=1S/C19H20N2O3/c1-21-12-13(14-7-4-5-8-15(14)21)11-20-19(22)18-16(23-2)9-6-10-17(18)24-3/h4-10,12H,11H2,1-3H3,(H,20,22). The molecule has 24 heavy (non-hydrogen) atoms. The third kappa shape index (κ3) is 2.80. The van der Waals surface area contributed by atoms with Crippen molar-refractivity contribution in [1.29, 1.82) is 0 Å². The molecule has 0 fully saturated rings. The van der Waals surface area contributed by atoms with Crippen LogP contribution in [0.4, 0.5) is 0 Å². The molecule has 124 valence electrons. The summed E-state index contributed by atoms with van der Waals surface area (Å²) in [7, 11) is 5.07. The number of rotatable bonds is 5. The summed E-state index contributed by atoms with van der Waals surface area (Å²) >= 11 is 0. The molecule has 5 heteroatoms. The van der Waals surface area contributed by atoms with Crippen molar-refractivity contribution in [2.75, 3.05) is 14.2 Å². The molecule has 1 amide bonds. The highest BCUT2D eigenvalue weighted by Crippen LogP contribution is 2.28. The van der Waals surface area contributed by atoms with Crippen LogP contribution in [0.15, 0.2) is 48.7 Å². The van der Waals surface area contributed by atoms with E-state index < -0.39 is 0 Å². The second-order valence-corrected chi connectivity index (χ2v) is 5.50. The molecule has 0 saturated carbocycles. The normalized spacial score (nSPS) is 10.6. The average molecular weight is 324 g/mol. The first-order valence-electron chi connectivity index (χ1n) is 7.68. The molecule has 3 aromatic rings. The van der Waals surface area contributed by atoms with Gasteiger partial charge in [0.2, 0.25) is 0 Å². The molecule has 0 atom stereocenters. The Balaban J connectivity index is 1.86. The first-order chi connectivity index (χ1) is 11.7. The third-order valence-corrected chi connectivity index (χ3v) is 4.07. The van der Waals surface area contributed by atoms with Gasteiger partial charge in [0, 0.05) is 30.7 Å². The number of fused-ring (bicyclic) bond motifs is 1. The Morgan fingerprint density at radius 2 is 1.71 bits per heavy atom. The summed E-state index contributed by atoms with van der Waals surface area (Å²) in [5, 5.41) is 4.09. The van der Waals surface area contributed by atoms with Crippen LogP contribution in [0.3, 0.4) is 0 Å². The number of aromatic nitrogens is 1. The lowest BCUT2D eigenvalue weighted by molar-refractivity contribution is 0.0945. The monoisotopic (exact) mass is 324 g/mol. The van der Waals surface area contributed by atoms with Crippen molar-refractivity contribution < 1.29 is 14.3 Å². The molecule has 1 aromatic heterocycles. The van der Waals surface area contributed by atoms with E-state index in [-0.39, 0.29) is 5.91 Å². The molecule has 3 rings (SSSR count). The number of ether oxygens (including phenoxy) is 2. The summed E-state index contributed by atoms with van der Waals surface area (Å²) in [4.78, 5) is 12.6. The van der Waals surface area contributed by atoms with Gasteiger partial charge in [-0.05, 0) is 23.8 Å². The third-order valence-electron chi connectivity index (χ3n) is 4.07. The zero-order valence-corrected chi connectivity index (χ0v) is 14.0. The van der Waals surface area contributed by atoms with E-state index >= 15 is 0 Å². The van der Waals surface area contributed by atoms with Gasteiger partial charge in [-0.2, -0.15) is 0 Å². The van der Waals surface area contributed by atoms with E-state index in [1.165, 1.54) is 14.2 Å². The molecular weight excluding hydrogens is 304 g/mol. The quantitative estimate of drug-likeness (QED) is 0.784. The van der Waals surface area contributed by atoms with Crippen molar-refractivity contribution in [3.63, 3.8) is 0 Å². The summed E-state index contributed by atoms with van der Waals surface area (Å²) in [5.74, 6) is 0.756. The Kier molecular flexibility index (Phi) is 4.42. The number of benzene rings is 2. The number of para-hydroxylation sites is 1. The smallest absolute Gasteiger partial charge is 0.259 e. The summed E-state index contributed by atoms with van der Waals surface area (Å²) < 4.78 is 12.6. The van der Waals surface area contributed by atoms with Gasteiger partial charge in [0.15, 0.2) is 0 Å². The van der Waals surface area contributed by atoms with Gasteiger partial charge in [0.25, 0.3) is 5.91 Å². The number of nitrogens with zero attached hydrogens (tertiary/aromatic N) is 1. The molecule has 5 nitrogen and oxygen atoms in total. The number of hydrogen-bond acceptors (Lipinski definition) is 3. The fourth-order valence-corrected chi connectivity index (χ4v) is 2.91. The van der Waals surface area contributed by atoms with Crippen molar-refractivity contribution in [3.05, 3.63) is 59.8 Å². The molecule has 0 unspecified atom stereocenters. The number of nitrogens with one attached hydrogen (secondary N) is 1. The lowest BCUT2D eigenvalue weighted by atomic mass is 10.1. The maximum absolute atomic E-state index is 12.6. The van der Waals surface area contributed by atoms with E-state index in [2.05, 4.69) is 22.0 Å². The zero-order valence-electron chi connectivity index (χ0n) is 14.0. The molecule has 0 radical (unpaired) electrons. The van der Waals surface area contributed by atoms with Crippen molar-refractivity contribution in [2.24, 2.45) is 7.05 Å². The maximum Gasteiger partial charge on any atom is 0.259 e. The molecule has 0 aliphatic heterocycles. The van der Waals surface area contributed by atoms with Gasteiger partial charge in [-0.15, -0.1) is 0 Å². The van der Waals surface area contributed by atoms with E-state index in [1.54, 1.807) is 18.2 Å². The van der Waals surface area contributed by atoms with Gasteiger partial charge in [-0.3, -0.25) is 4.79 Å². The Morgan fingerprint density at radius 3 is 2.38 bits per heavy atom. The van der Waals surface area contributed by atoms with E-state index in [0.717, 1.165) is 16.5 Å². The lowest BCUT2D eigenvalue weighted by Crippen LogP contribution is -2.24. The van der Waals surface area contributed by atoms with Gasteiger partial charge in [0.1, 0.15) is 17.1 Å². The number of methoxy groups -OCH3 is 2. The molecular formula is C19H20N2O3. The van der Waals surface area contributed by atoms with Gasteiger partial charge < -0.3 is 19.4 Å². The van der Waals surface area contributed by atoms with Crippen molar-refractivity contribution in [1.82, 2.24) is 9.88 Å². The fourth-order valence-electron chi connectivity index (χ4n) is 2.91. The lowest BCUT2D eigenvalue weighted by Gasteiger charge is -2.12. The number of carbonyl (C=O) groups is 1. The highest BCUT2D eigenvalue weighted by molar-refractivity contribution is 6.00. The Morgan fingerprint density at radius 1 is 1.04 bits per heavy atom. The Hall–Kier alpha value is -2.95. The van der Waals surface area contributed by atoms with E-state index in [4.69, 9.17) is 9.47 Å².